The Balaban J connectivity index is 1.54. The molecular weight excluding hydrogens is 338 g/mol. The third-order valence-electron chi connectivity index (χ3n) is 2.85. The number of hydrogen-bond donors (Lipinski definition) is 1. The van der Waals surface area contributed by atoms with Crippen molar-refractivity contribution >= 4 is 53.9 Å². The lowest BCUT2D eigenvalue weighted by Crippen LogP contribution is -1.86. The van der Waals surface area contributed by atoms with Crippen LogP contribution in [0.3, 0.4) is 0 Å². The van der Waals surface area contributed by atoms with E-state index in [2.05, 4.69) is 10.2 Å². The SMILES string of the molecule is Nc1ccc(CSSSc2nc3ccccc3o2)cc1N=O. The fraction of sp³-hybridized carbons (Fsp3) is 0.0714. The Morgan fingerprint density at radius 1 is 1.23 bits per heavy atom. The van der Waals surface area contributed by atoms with E-state index < -0.39 is 0 Å². The molecule has 2 N–H and O–H groups in total. The highest BCUT2D eigenvalue weighted by Gasteiger charge is 2.07. The molecule has 0 saturated heterocycles. The summed E-state index contributed by atoms with van der Waals surface area (Å²) in [4.78, 5) is 15.0. The number of nitroso groups, excluding NO2 is 1. The van der Waals surface area contributed by atoms with Crippen LogP contribution in [-0.2, 0) is 5.75 Å². The third kappa shape index (κ3) is 3.57. The number of hydrogen-bond acceptors (Lipinski definition) is 8. The number of aromatic nitrogens is 1. The molecule has 0 aliphatic carbocycles. The summed E-state index contributed by atoms with van der Waals surface area (Å²) in [5.74, 6) is 0.737. The van der Waals surface area contributed by atoms with Crippen LogP contribution in [-0.4, -0.2) is 4.98 Å². The van der Waals surface area contributed by atoms with Crippen LogP contribution >= 0.6 is 31.4 Å². The zero-order valence-corrected chi connectivity index (χ0v) is 13.7. The van der Waals surface area contributed by atoms with Gasteiger partial charge in [0.25, 0.3) is 5.22 Å². The van der Waals surface area contributed by atoms with Crippen LogP contribution in [0.15, 0.2) is 57.3 Å². The zero-order valence-electron chi connectivity index (χ0n) is 11.3. The molecule has 0 atom stereocenters. The third-order valence-corrected chi connectivity index (χ3v) is 6.53. The Kier molecular flexibility index (Phi) is 4.91. The smallest absolute Gasteiger partial charge is 0.268 e. The molecule has 0 spiro atoms. The normalized spacial score (nSPS) is 10.9. The average Bonchev–Trinajstić information content (AvgIpc) is 2.95. The minimum atomic E-state index is 0.287. The lowest BCUT2D eigenvalue weighted by molar-refractivity contribution is 0.491. The van der Waals surface area contributed by atoms with Crippen LogP contribution < -0.4 is 5.73 Å². The van der Waals surface area contributed by atoms with E-state index in [-0.39, 0.29) is 5.69 Å². The Morgan fingerprint density at radius 2 is 2.09 bits per heavy atom. The predicted molar refractivity (Wildman–Crippen MR) is 95.1 cm³/mol. The standard InChI is InChI=1S/C14H11N3O2S3/c15-10-6-5-9(7-12(10)17-18)8-20-22-21-14-16-11-3-1-2-4-13(11)19-14/h1-7H,8,15H2. The summed E-state index contributed by atoms with van der Waals surface area (Å²) in [6.07, 6.45) is 0. The van der Waals surface area contributed by atoms with E-state index in [0.29, 0.717) is 10.9 Å². The number of benzene rings is 2. The zero-order chi connectivity index (χ0) is 15.4. The monoisotopic (exact) mass is 349 g/mol. The van der Waals surface area contributed by atoms with Crippen molar-refractivity contribution in [2.75, 3.05) is 5.73 Å². The van der Waals surface area contributed by atoms with Gasteiger partial charge in [-0.05, 0) is 44.8 Å². The van der Waals surface area contributed by atoms with Crippen molar-refractivity contribution in [2.24, 2.45) is 5.18 Å². The topological polar surface area (TPSA) is 81.5 Å². The van der Waals surface area contributed by atoms with Crippen LogP contribution in [0.5, 0.6) is 0 Å². The van der Waals surface area contributed by atoms with Crippen LogP contribution in [0.4, 0.5) is 11.4 Å². The molecule has 22 heavy (non-hydrogen) atoms. The van der Waals surface area contributed by atoms with E-state index in [1.807, 2.05) is 30.3 Å². The molecule has 1 heterocycles. The van der Waals surface area contributed by atoms with Gasteiger partial charge in [-0.3, -0.25) is 0 Å². The Bertz CT molecular complexity index is 774. The fourth-order valence-corrected chi connectivity index (χ4v) is 4.99. The number of rotatable bonds is 6. The van der Waals surface area contributed by atoms with Crippen molar-refractivity contribution in [3.8, 4) is 0 Å². The van der Waals surface area contributed by atoms with Crippen molar-refractivity contribution in [1.82, 2.24) is 4.98 Å². The van der Waals surface area contributed by atoms with Gasteiger partial charge in [0.05, 0.1) is 5.69 Å². The first kappa shape index (κ1) is 15.3. The molecule has 5 nitrogen and oxygen atoms in total. The summed E-state index contributed by atoms with van der Waals surface area (Å²) >= 11 is 0. The molecule has 0 unspecified atom stereocenters. The van der Waals surface area contributed by atoms with E-state index in [1.54, 1.807) is 32.8 Å². The molecular formula is C14H11N3O2S3. The molecule has 0 aliphatic rings. The predicted octanol–water partition coefficient (Wildman–Crippen LogP) is 5.40. The first-order valence-electron chi connectivity index (χ1n) is 6.30. The van der Waals surface area contributed by atoms with Gasteiger partial charge in [0.1, 0.15) is 11.2 Å². The highest BCUT2D eigenvalue weighted by atomic mass is 33.5. The highest BCUT2D eigenvalue weighted by molar-refractivity contribution is 9.09. The summed E-state index contributed by atoms with van der Waals surface area (Å²) in [5, 5.41) is 3.54. The quantitative estimate of drug-likeness (QED) is 0.276. The van der Waals surface area contributed by atoms with Gasteiger partial charge >= 0.3 is 0 Å². The van der Waals surface area contributed by atoms with Crippen molar-refractivity contribution < 1.29 is 4.42 Å². The fourth-order valence-electron chi connectivity index (χ4n) is 1.79. The second-order valence-electron chi connectivity index (χ2n) is 4.35. The summed E-state index contributed by atoms with van der Waals surface area (Å²) in [7, 11) is 4.67. The van der Waals surface area contributed by atoms with Gasteiger partial charge in [0, 0.05) is 16.5 Å². The van der Waals surface area contributed by atoms with Gasteiger partial charge in [0.15, 0.2) is 5.58 Å². The first-order valence-corrected chi connectivity index (χ1v) is 9.95. The van der Waals surface area contributed by atoms with Gasteiger partial charge < -0.3 is 10.2 Å². The van der Waals surface area contributed by atoms with Gasteiger partial charge in [-0.15, -0.1) is 4.91 Å². The second-order valence-corrected chi connectivity index (χ2v) is 8.36. The molecule has 0 bridgehead atoms. The second kappa shape index (κ2) is 7.08. The Hall–Kier alpha value is -1.64. The Morgan fingerprint density at radius 3 is 2.91 bits per heavy atom. The molecule has 0 saturated carbocycles. The van der Waals surface area contributed by atoms with Gasteiger partial charge in [-0.25, -0.2) is 4.98 Å². The number of fused-ring (bicyclic) bond motifs is 1. The van der Waals surface area contributed by atoms with Crippen LogP contribution in [0.25, 0.3) is 11.1 Å². The molecule has 2 aromatic carbocycles. The average molecular weight is 349 g/mol. The number of para-hydroxylation sites is 2. The van der Waals surface area contributed by atoms with Crippen LogP contribution in [0, 0.1) is 4.91 Å². The van der Waals surface area contributed by atoms with Crippen molar-refractivity contribution in [2.45, 2.75) is 11.0 Å². The molecule has 0 amide bonds. The maximum atomic E-state index is 10.6. The number of nitrogens with zero attached hydrogens (tertiary/aromatic N) is 2. The minimum absolute atomic E-state index is 0.287. The van der Waals surface area contributed by atoms with Crippen LogP contribution in [0.2, 0.25) is 0 Å². The summed E-state index contributed by atoms with van der Waals surface area (Å²) in [6, 6.07) is 13.0. The molecule has 1 aromatic heterocycles. The maximum absolute atomic E-state index is 10.6. The first-order chi connectivity index (χ1) is 10.8. The van der Waals surface area contributed by atoms with Crippen molar-refractivity contribution in [3.05, 3.63) is 52.9 Å². The van der Waals surface area contributed by atoms with Gasteiger partial charge in [-0.2, -0.15) is 0 Å². The largest absolute Gasteiger partial charge is 0.431 e. The van der Waals surface area contributed by atoms with Crippen molar-refractivity contribution in [3.63, 3.8) is 0 Å². The molecule has 8 heteroatoms. The van der Waals surface area contributed by atoms with Gasteiger partial charge in [-0.1, -0.05) is 29.0 Å². The number of nitrogens with two attached hydrogens (primary N) is 1. The Labute approximate surface area is 138 Å². The lowest BCUT2D eigenvalue weighted by Gasteiger charge is -2.02. The van der Waals surface area contributed by atoms with Crippen LogP contribution in [0.1, 0.15) is 5.56 Å². The molecule has 3 rings (SSSR count). The van der Waals surface area contributed by atoms with Crippen molar-refractivity contribution in [1.29, 1.82) is 0 Å². The molecule has 0 aliphatic heterocycles. The number of anilines is 1. The van der Waals surface area contributed by atoms with E-state index in [0.717, 1.165) is 22.4 Å². The molecule has 0 fully saturated rings. The molecule has 3 aromatic rings. The van der Waals surface area contributed by atoms with E-state index in [9.17, 15) is 4.91 Å². The van der Waals surface area contributed by atoms with E-state index in [1.165, 1.54) is 10.8 Å². The summed E-state index contributed by atoms with van der Waals surface area (Å²) in [6.45, 7) is 0. The number of nitrogen functional groups attached to an aromatic ring is 1. The summed E-state index contributed by atoms with van der Waals surface area (Å²) < 4.78 is 5.62. The highest BCUT2D eigenvalue weighted by Crippen LogP contribution is 2.42. The minimum Gasteiger partial charge on any atom is -0.431 e. The van der Waals surface area contributed by atoms with E-state index in [4.69, 9.17) is 10.2 Å². The maximum Gasteiger partial charge on any atom is 0.268 e. The summed E-state index contributed by atoms with van der Waals surface area (Å²) in [5.41, 5.74) is 8.97. The molecule has 0 radical (unpaired) electrons. The van der Waals surface area contributed by atoms with E-state index >= 15 is 0 Å². The van der Waals surface area contributed by atoms with Gasteiger partial charge in [0.2, 0.25) is 0 Å². The number of oxazole rings is 1. The molecule has 112 valence electrons. The lowest BCUT2D eigenvalue weighted by atomic mass is 10.2.